The van der Waals surface area contributed by atoms with E-state index < -0.39 is 12.5 Å². The van der Waals surface area contributed by atoms with Crippen molar-refractivity contribution in [1.29, 1.82) is 0 Å². The van der Waals surface area contributed by atoms with Gasteiger partial charge in [-0.2, -0.15) is 8.78 Å². The zero-order valence-electron chi connectivity index (χ0n) is 14.6. The van der Waals surface area contributed by atoms with Gasteiger partial charge in [-0.3, -0.25) is 4.79 Å². The summed E-state index contributed by atoms with van der Waals surface area (Å²) in [6.07, 6.45) is 1.31. The second-order valence-electron chi connectivity index (χ2n) is 5.05. The summed E-state index contributed by atoms with van der Waals surface area (Å²) < 4.78 is 39.0. The molecule has 0 bridgehead atoms. The lowest BCUT2D eigenvalue weighted by molar-refractivity contribution is -0.120. The number of rotatable bonds is 9. The number of hydrogen-bond acceptors (Lipinski definition) is 6. The molecule has 0 atom stereocenters. The first-order valence-electron chi connectivity index (χ1n) is 7.74. The van der Waals surface area contributed by atoms with Crippen LogP contribution in [0.4, 0.5) is 14.5 Å². The monoisotopic (exact) mass is 380 g/mol. The first-order valence-corrected chi connectivity index (χ1v) is 7.74. The number of carbonyl (C=O) groups is 1. The van der Waals surface area contributed by atoms with Gasteiger partial charge in [0.15, 0.2) is 18.1 Å². The Morgan fingerprint density at radius 3 is 2.56 bits per heavy atom. The molecule has 9 heteroatoms. The summed E-state index contributed by atoms with van der Waals surface area (Å²) in [6, 6.07) is 11.2. The molecule has 2 rings (SSSR count). The van der Waals surface area contributed by atoms with Crippen LogP contribution in [0.3, 0.4) is 0 Å². The Kier molecular flexibility index (Phi) is 7.36. The van der Waals surface area contributed by atoms with Crippen molar-refractivity contribution in [3.8, 4) is 17.2 Å². The minimum atomic E-state index is -2.96. The molecule has 0 spiro atoms. The Morgan fingerprint density at radius 1 is 1.11 bits per heavy atom. The van der Waals surface area contributed by atoms with Crippen LogP contribution in [0.2, 0.25) is 0 Å². The zero-order chi connectivity index (χ0) is 19.6. The molecule has 27 heavy (non-hydrogen) atoms. The largest absolute Gasteiger partial charge is 0.495 e. The van der Waals surface area contributed by atoms with E-state index in [1.54, 1.807) is 24.3 Å². The molecule has 7 nitrogen and oxygen atoms in total. The van der Waals surface area contributed by atoms with E-state index in [4.69, 9.17) is 14.3 Å². The maximum Gasteiger partial charge on any atom is 0.387 e. The van der Waals surface area contributed by atoms with Crippen molar-refractivity contribution in [3.05, 3.63) is 48.0 Å². The molecular formula is C18H18F2N2O5. The summed E-state index contributed by atoms with van der Waals surface area (Å²) in [4.78, 5) is 16.8. The summed E-state index contributed by atoms with van der Waals surface area (Å²) in [6.45, 7) is -3.28. The van der Waals surface area contributed by atoms with Gasteiger partial charge in [0.2, 0.25) is 0 Å². The molecule has 0 heterocycles. The highest BCUT2D eigenvalue weighted by Gasteiger charge is 2.11. The predicted molar refractivity (Wildman–Crippen MR) is 94.8 cm³/mol. The molecule has 1 N–H and O–H groups in total. The van der Waals surface area contributed by atoms with Crippen LogP contribution in [0.15, 0.2) is 47.6 Å². The van der Waals surface area contributed by atoms with Crippen LogP contribution in [0.1, 0.15) is 5.56 Å². The smallest absolute Gasteiger partial charge is 0.387 e. The Morgan fingerprint density at radius 2 is 1.85 bits per heavy atom. The minimum Gasteiger partial charge on any atom is -0.495 e. The van der Waals surface area contributed by atoms with Crippen LogP contribution in [0.5, 0.6) is 17.2 Å². The fourth-order valence-electron chi connectivity index (χ4n) is 2.09. The van der Waals surface area contributed by atoms with Crippen LogP contribution in [0.25, 0.3) is 0 Å². The third kappa shape index (κ3) is 6.14. The summed E-state index contributed by atoms with van der Waals surface area (Å²) in [7, 11) is 2.82. The average molecular weight is 380 g/mol. The number of halogens is 2. The lowest BCUT2D eigenvalue weighted by Crippen LogP contribution is -2.17. The highest BCUT2D eigenvalue weighted by atomic mass is 19.3. The molecule has 0 aliphatic heterocycles. The standard InChI is InChI=1S/C18H18F2N2O5/c1-24-14-6-4-3-5-13(14)22-17(23)11-26-21-10-12-7-8-15(27-18(19)20)16(9-12)25-2/h3-10,18H,11H2,1-2H3,(H,22,23)/b21-10-. The lowest BCUT2D eigenvalue weighted by atomic mass is 10.2. The summed E-state index contributed by atoms with van der Waals surface area (Å²) >= 11 is 0. The third-order valence-corrected chi connectivity index (χ3v) is 3.26. The van der Waals surface area contributed by atoms with Gasteiger partial charge < -0.3 is 24.4 Å². The van der Waals surface area contributed by atoms with Gasteiger partial charge in [-0.15, -0.1) is 0 Å². The second kappa shape index (κ2) is 9.95. The summed E-state index contributed by atoms with van der Waals surface area (Å²) in [5, 5.41) is 6.30. The molecule has 0 aromatic heterocycles. The molecule has 0 fully saturated rings. The van der Waals surface area contributed by atoms with Crippen molar-refractivity contribution in [2.75, 3.05) is 26.1 Å². The van der Waals surface area contributed by atoms with E-state index in [0.717, 1.165) is 0 Å². The maximum absolute atomic E-state index is 12.3. The maximum atomic E-state index is 12.3. The number of nitrogens with one attached hydrogen (secondary N) is 1. The molecular weight excluding hydrogens is 362 g/mol. The van der Waals surface area contributed by atoms with E-state index in [-0.39, 0.29) is 18.1 Å². The van der Waals surface area contributed by atoms with Gasteiger partial charge in [0, 0.05) is 5.56 Å². The fraction of sp³-hybridized carbons (Fsp3) is 0.222. The summed E-state index contributed by atoms with van der Waals surface area (Å²) in [5.41, 5.74) is 1.02. The molecule has 1 amide bonds. The van der Waals surface area contributed by atoms with Crippen LogP contribution in [-0.4, -0.2) is 39.6 Å². The van der Waals surface area contributed by atoms with Crippen LogP contribution >= 0.6 is 0 Å². The van der Waals surface area contributed by atoms with Crippen molar-refractivity contribution in [2.24, 2.45) is 5.16 Å². The Labute approximate surface area is 154 Å². The van der Waals surface area contributed by atoms with E-state index in [2.05, 4.69) is 15.2 Å². The van der Waals surface area contributed by atoms with Crippen molar-refractivity contribution >= 4 is 17.8 Å². The van der Waals surface area contributed by atoms with E-state index in [0.29, 0.717) is 17.0 Å². The zero-order valence-corrected chi connectivity index (χ0v) is 14.6. The Bertz CT molecular complexity index is 799. The first-order chi connectivity index (χ1) is 13.0. The number of carbonyl (C=O) groups excluding carboxylic acids is 1. The van der Waals surface area contributed by atoms with Crippen molar-refractivity contribution in [3.63, 3.8) is 0 Å². The SMILES string of the molecule is COc1ccccc1NC(=O)CO/N=C\c1ccc(OC(F)F)c(OC)c1. The molecule has 2 aromatic rings. The van der Waals surface area contributed by atoms with E-state index in [1.807, 2.05) is 0 Å². The number of nitrogens with zero attached hydrogens (tertiary/aromatic N) is 1. The second-order valence-corrected chi connectivity index (χ2v) is 5.05. The number of benzene rings is 2. The molecule has 0 saturated heterocycles. The van der Waals surface area contributed by atoms with Gasteiger partial charge in [-0.25, -0.2) is 0 Å². The highest BCUT2D eigenvalue weighted by molar-refractivity contribution is 5.93. The number of anilines is 1. The fourth-order valence-corrected chi connectivity index (χ4v) is 2.09. The van der Waals surface area contributed by atoms with Gasteiger partial charge in [-0.1, -0.05) is 17.3 Å². The number of alkyl halides is 2. The predicted octanol–water partition coefficient (Wildman–Crippen LogP) is 3.29. The molecule has 144 valence electrons. The third-order valence-electron chi connectivity index (χ3n) is 3.26. The summed E-state index contributed by atoms with van der Waals surface area (Å²) in [5.74, 6) is 0.123. The number of para-hydroxylation sites is 2. The first kappa shape index (κ1) is 20.0. The van der Waals surface area contributed by atoms with Crippen molar-refractivity contribution in [1.82, 2.24) is 0 Å². The number of hydrogen-bond donors (Lipinski definition) is 1. The number of amides is 1. The molecule has 0 radical (unpaired) electrons. The topological polar surface area (TPSA) is 78.4 Å². The highest BCUT2D eigenvalue weighted by Crippen LogP contribution is 2.29. The van der Waals surface area contributed by atoms with Gasteiger partial charge in [0.05, 0.1) is 26.1 Å². The van der Waals surface area contributed by atoms with Crippen LogP contribution in [0, 0.1) is 0 Å². The van der Waals surface area contributed by atoms with Crippen LogP contribution in [-0.2, 0) is 9.63 Å². The number of oxime groups is 1. The minimum absolute atomic E-state index is 0.0956. The quantitative estimate of drug-likeness (QED) is 0.534. The van der Waals surface area contributed by atoms with Gasteiger partial charge in [-0.05, 0) is 30.3 Å². The Hall–Kier alpha value is -3.36. The van der Waals surface area contributed by atoms with Gasteiger partial charge in [0.25, 0.3) is 5.91 Å². The number of methoxy groups -OCH3 is 2. The normalized spacial score (nSPS) is 10.7. The van der Waals surface area contributed by atoms with E-state index in [1.165, 1.54) is 38.6 Å². The lowest BCUT2D eigenvalue weighted by Gasteiger charge is -2.10. The van der Waals surface area contributed by atoms with Crippen LogP contribution < -0.4 is 19.5 Å². The van der Waals surface area contributed by atoms with Crippen molar-refractivity contribution < 1.29 is 32.6 Å². The molecule has 0 saturated carbocycles. The molecule has 0 unspecified atom stereocenters. The number of ether oxygens (including phenoxy) is 3. The molecule has 2 aromatic carbocycles. The van der Waals surface area contributed by atoms with E-state index in [9.17, 15) is 13.6 Å². The van der Waals surface area contributed by atoms with E-state index >= 15 is 0 Å². The average Bonchev–Trinajstić information content (AvgIpc) is 2.66. The molecule has 0 aliphatic carbocycles. The Balaban J connectivity index is 1.89. The molecule has 0 aliphatic rings. The van der Waals surface area contributed by atoms with Gasteiger partial charge in [0.1, 0.15) is 5.75 Å². The van der Waals surface area contributed by atoms with Gasteiger partial charge >= 0.3 is 6.61 Å². The van der Waals surface area contributed by atoms with Crippen molar-refractivity contribution in [2.45, 2.75) is 6.61 Å².